The molecular formula is C48H30O. The Morgan fingerprint density at radius 1 is 0.327 bits per heavy atom. The standard InChI is InChI=1S/C48H30O/c1-2-12-34-29-35(26-23-31(34)11-1)32-21-24-33(25-22-32)47-40-16-5-7-18-42(40)48(43-19-8-6-17-41(43)47)39-15-4-3-13-37(39)36-27-28-46-44(30-36)38-14-9-10-20-45(38)49-46/h1-30H/i1D. The molecule has 0 radical (unpaired) electrons. The third kappa shape index (κ3) is 4.47. The van der Waals surface area contributed by atoms with Crippen LogP contribution in [0.5, 0.6) is 0 Å². The van der Waals surface area contributed by atoms with Crippen LogP contribution in [0, 0.1) is 0 Å². The van der Waals surface area contributed by atoms with Gasteiger partial charge in [-0.3, -0.25) is 0 Å². The lowest BCUT2D eigenvalue weighted by molar-refractivity contribution is 0.669. The van der Waals surface area contributed by atoms with Crippen LogP contribution in [0.1, 0.15) is 1.37 Å². The highest BCUT2D eigenvalue weighted by Gasteiger charge is 2.19. The lowest BCUT2D eigenvalue weighted by Gasteiger charge is -2.20. The Kier molecular flexibility index (Phi) is 6.02. The van der Waals surface area contributed by atoms with E-state index in [4.69, 9.17) is 5.79 Å². The number of fused-ring (bicyclic) bond motifs is 6. The molecule has 0 spiro atoms. The Morgan fingerprint density at radius 2 is 0.898 bits per heavy atom. The summed E-state index contributed by atoms with van der Waals surface area (Å²) in [6.45, 7) is 0. The quantitative estimate of drug-likeness (QED) is 0.178. The average Bonchev–Trinajstić information content (AvgIpc) is 3.55. The van der Waals surface area contributed by atoms with E-state index in [0.29, 0.717) is 6.04 Å². The maximum absolute atomic E-state index is 7.97. The van der Waals surface area contributed by atoms with Gasteiger partial charge in [0.2, 0.25) is 0 Å². The summed E-state index contributed by atoms with van der Waals surface area (Å²) in [6, 6.07) is 63.2. The van der Waals surface area contributed by atoms with Gasteiger partial charge in [-0.25, -0.2) is 0 Å². The summed E-state index contributed by atoms with van der Waals surface area (Å²) in [5.41, 5.74) is 11.4. The van der Waals surface area contributed by atoms with Crippen molar-refractivity contribution in [2.24, 2.45) is 0 Å². The van der Waals surface area contributed by atoms with E-state index in [1.165, 1.54) is 66.1 Å². The Morgan fingerprint density at radius 3 is 1.65 bits per heavy atom. The summed E-state index contributed by atoms with van der Waals surface area (Å²) in [7, 11) is 0. The molecular weight excluding hydrogens is 593 g/mol. The first-order valence-corrected chi connectivity index (χ1v) is 16.8. The molecule has 0 aliphatic rings. The summed E-state index contributed by atoms with van der Waals surface area (Å²) in [5, 5.41) is 9.44. The molecule has 0 saturated heterocycles. The van der Waals surface area contributed by atoms with Crippen molar-refractivity contribution < 1.29 is 5.79 Å². The molecule has 0 saturated carbocycles. The van der Waals surface area contributed by atoms with Gasteiger partial charge in [0.05, 0.1) is 1.37 Å². The van der Waals surface area contributed by atoms with Crippen LogP contribution in [0.25, 0.3) is 98.8 Å². The minimum absolute atomic E-state index is 0.535. The van der Waals surface area contributed by atoms with Gasteiger partial charge >= 0.3 is 0 Å². The largest absolute Gasteiger partial charge is 0.456 e. The van der Waals surface area contributed by atoms with Crippen molar-refractivity contribution in [1.29, 1.82) is 0 Å². The fourth-order valence-electron chi connectivity index (χ4n) is 7.71. The topological polar surface area (TPSA) is 13.1 Å². The second-order valence-corrected chi connectivity index (χ2v) is 12.8. The molecule has 10 rings (SSSR count). The fraction of sp³-hybridized carbons (Fsp3) is 0. The van der Waals surface area contributed by atoms with Crippen molar-refractivity contribution in [2.75, 3.05) is 0 Å². The molecule has 9 aromatic carbocycles. The molecule has 0 atom stereocenters. The van der Waals surface area contributed by atoms with E-state index in [9.17, 15) is 0 Å². The van der Waals surface area contributed by atoms with Crippen LogP contribution in [0.2, 0.25) is 0 Å². The summed E-state index contributed by atoms with van der Waals surface area (Å²) < 4.78 is 14.1. The lowest BCUT2D eigenvalue weighted by Crippen LogP contribution is -1.92. The summed E-state index contributed by atoms with van der Waals surface area (Å²) in [6.07, 6.45) is 0. The van der Waals surface area contributed by atoms with E-state index in [1.54, 1.807) is 0 Å². The van der Waals surface area contributed by atoms with Crippen LogP contribution in [0.15, 0.2) is 186 Å². The van der Waals surface area contributed by atoms with Gasteiger partial charge in [-0.15, -0.1) is 0 Å². The van der Waals surface area contributed by atoms with Crippen LogP contribution >= 0.6 is 0 Å². The zero-order valence-electron chi connectivity index (χ0n) is 27.7. The molecule has 1 heteroatoms. The van der Waals surface area contributed by atoms with E-state index in [0.717, 1.165) is 32.7 Å². The average molecular weight is 624 g/mol. The Bertz CT molecular complexity index is 2870. The zero-order chi connectivity index (χ0) is 33.2. The number of hydrogen-bond acceptors (Lipinski definition) is 1. The monoisotopic (exact) mass is 623 g/mol. The molecule has 0 aliphatic carbocycles. The first-order chi connectivity index (χ1) is 24.7. The third-order valence-electron chi connectivity index (χ3n) is 10.0. The van der Waals surface area contributed by atoms with Crippen molar-refractivity contribution in [2.45, 2.75) is 0 Å². The second-order valence-electron chi connectivity index (χ2n) is 12.8. The number of rotatable bonds is 4. The lowest BCUT2D eigenvalue weighted by atomic mass is 9.83. The molecule has 10 aromatic rings. The predicted octanol–water partition coefficient (Wildman–Crippen LogP) is 13.7. The molecule has 1 heterocycles. The molecule has 1 aromatic heterocycles. The Balaban J connectivity index is 1.15. The number of benzene rings is 9. The number of hydrogen-bond donors (Lipinski definition) is 0. The van der Waals surface area contributed by atoms with Crippen molar-refractivity contribution >= 4 is 54.3 Å². The smallest absolute Gasteiger partial charge is 0.135 e. The fourth-order valence-corrected chi connectivity index (χ4v) is 7.71. The van der Waals surface area contributed by atoms with Crippen LogP contribution < -0.4 is 0 Å². The van der Waals surface area contributed by atoms with Gasteiger partial charge in [-0.1, -0.05) is 158 Å². The predicted molar refractivity (Wildman–Crippen MR) is 208 cm³/mol. The second kappa shape index (κ2) is 11.1. The van der Waals surface area contributed by atoms with Gasteiger partial charge in [0.1, 0.15) is 11.2 Å². The van der Waals surface area contributed by atoms with Gasteiger partial charge in [0.15, 0.2) is 0 Å². The molecule has 0 unspecified atom stereocenters. The molecule has 49 heavy (non-hydrogen) atoms. The van der Waals surface area contributed by atoms with Gasteiger partial charge in [0, 0.05) is 10.8 Å². The maximum Gasteiger partial charge on any atom is 0.135 e. The molecule has 0 fully saturated rings. The van der Waals surface area contributed by atoms with Crippen LogP contribution in [0.4, 0.5) is 0 Å². The van der Waals surface area contributed by atoms with Gasteiger partial charge in [0.25, 0.3) is 0 Å². The van der Waals surface area contributed by atoms with Crippen molar-refractivity contribution in [3.63, 3.8) is 0 Å². The highest BCUT2D eigenvalue weighted by molar-refractivity contribution is 6.22. The normalized spacial score (nSPS) is 12.0. The first-order valence-electron chi connectivity index (χ1n) is 17.3. The molecule has 0 aliphatic heterocycles. The third-order valence-corrected chi connectivity index (χ3v) is 10.0. The molecule has 1 nitrogen and oxygen atoms in total. The summed E-state index contributed by atoms with van der Waals surface area (Å²) in [5.74, 6) is 0. The van der Waals surface area contributed by atoms with Gasteiger partial charge in [-0.2, -0.15) is 0 Å². The molecule has 0 amide bonds. The van der Waals surface area contributed by atoms with Crippen LogP contribution in [-0.2, 0) is 0 Å². The minimum Gasteiger partial charge on any atom is -0.456 e. The van der Waals surface area contributed by atoms with Crippen LogP contribution in [-0.4, -0.2) is 0 Å². The van der Waals surface area contributed by atoms with Crippen molar-refractivity contribution in [1.82, 2.24) is 0 Å². The van der Waals surface area contributed by atoms with Gasteiger partial charge in [-0.05, 0) is 101 Å². The van der Waals surface area contributed by atoms with E-state index < -0.39 is 0 Å². The molecule has 0 bridgehead atoms. The van der Waals surface area contributed by atoms with Gasteiger partial charge < -0.3 is 4.42 Å². The minimum atomic E-state index is 0.535. The van der Waals surface area contributed by atoms with Crippen molar-refractivity contribution in [3.05, 3.63) is 182 Å². The number of para-hydroxylation sites is 1. The summed E-state index contributed by atoms with van der Waals surface area (Å²) in [4.78, 5) is 0. The van der Waals surface area contributed by atoms with E-state index in [-0.39, 0.29) is 0 Å². The van der Waals surface area contributed by atoms with Crippen molar-refractivity contribution in [3.8, 4) is 44.5 Å². The first kappa shape index (κ1) is 26.6. The summed E-state index contributed by atoms with van der Waals surface area (Å²) >= 11 is 0. The molecule has 228 valence electrons. The Labute approximate surface area is 285 Å². The highest BCUT2D eigenvalue weighted by atomic mass is 16.3. The molecule has 0 N–H and O–H groups in total. The van der Waals surface area contributed by atoms with Crippen LogP contribution in [0.3, 0.4) is 0 Å². The maximum atomic E-state index is 7.97. The van der Waals surface area contributed by atoms with E-state index in [1.807, 2.05) is 30.3 Å². The number of furan rings is 1. The Hall–Kier alpha value is -6.44. The van der Waals surface area contributed by atoms with E-state index in [2.05, 4.69) is 146 Å². The SMILES string of the molecule is [2H]c1ccc2cc(-c3ccc(-c4c5ccccc5c(-c5ccccc5-c5ccc6oc7ccccc7c6c5)c5ccccc45)cc3)ccc2c1. The highest BCUT2D eigenvalue weighted by Crippen LogP contribution is 2.46. The zero-order valence-corrected chi connectivity index (χ0v) is 26.7. The van der Waals surface area contributed by atoms with E-state index >= 15 is 0 Å².